The van der Waals surface area contributed by atoms with Crippen LogP contribution >= 0.6 is 0 Å². The summed E-state index contributed by atoms with van der Waals surface area (Å²) in [6, 6.07) is 5.28. The van der Waals surface area contributed by atoms with Gasteiger partial charge in [0.05, 0.1) is 22.5 Å². The molecular formula is C13H19N3O2. The Balaban J connectivity index is 2.25. The Morgan fingerprint density at radius 3 is 2.56 bits per heavy atom. The number of carbonyl (C=O) groups is 1. The SMILES string of the molecule is CC1(O)CCN(c2cccc(C(N)=O)c2N)CC1. The molecule has 1 aromatic carbocycles. The summed E-state index contributed by atoms with van der Waals surface area (Å²) in [5.74, 6) is -0.515. The summed E-state index contributed by atoms with van der Waals surface area (Å²) in [4.78, 5) is 13.3. The number of hydrogen-bond acceptors (Lipinski definition) is 4. The molecule has 0 saturated carbocycles. The van der Waals surface area contributed by atoms with Gasteiger partial charge in [0, 0.05) is 13.1 Å². The lowest BCUT2D eigenvalue weighted by molar-refractivity contribution is 0.0351. The van der Waals surface area contributed by atoms with Crippen molar-refractivity contribution in [1.82, 2.24) is 0 Å². The van der Waals surface area contributed by atoms with Crippen LogP contribution in [0.1, 0.15) is 30.1 Å². The summed E-state index contributed by atoms with van der Waals surface area (Å²) in [6.45, 7) is 3.28. The molecule has 0 aromatic heterocycles. The molecular weight excluding hydrogens is 230 g/mol. The van der Waals surface area contributed by atoms with Gasteiger partial charge in [-0.2, -0.15) is 0 Å². The second-order valence-corrected chi connectivity index (χ2v) is 5.09. The summed E-state index contributed by atoms with van der Waals surface area (Å²) >= 11 is 0. The van der Waals surface area contributed by atoms with Crippen molar-refractivity contribution in [2.45, 2.75) is 25.4 Å². The highest BCUT2D eigenvalue weighted by Crippen LogP contribution is 2.31. The van der Waals surface area contributed by atoms with Crippen molar-refractivity contribution in [2.24, 2.45) is 5.73 Å². The zero-order valence-corrected chi connectivity index (χ0v) is 10.5. The maximum atomic E-state index is 11.2. The van der Waals surface area contributed by atoms with Crippen LogP contribution < -0.4 is 16.4 Å². The number of nitrogens with zero attached hydrogens (tertiary/aromatic N) is 1. The second-order valence-electron chi connectivity index (χ2n) is 5.09. The van der Waals surface area contributed by atoms with Crippen molar-refractivity contribution in [3.05, 3.63) is 23.8 Å². The molecule has 1 aromatic rings. The number of carbonyl (C=O) groups excluding carboxylic acids is 1. The molecule has 5 heteroatoms. The fourth-order valence-corrected chi connectivity index (χ4v) is 2.27. The molecule has 18 heavy (non-hydrogen) atoms. The summed E-state index contributed by atoms with van der Waals surface area (Å²) in [6.07, 6.45) is 1.38. The number of para-hydroxylation sites is 1. The van der Waals surface area contributed by atoms with Gasteiger partial charge in [-0.25, -0.2) is 0 Å². The highest BCUT2D eigenvalue weighted by molar-refractivity contribution is 6.00. The van der Waals surface area contributed by atoms with Crippen molar-refractivity contribution in [1.29, 1.82) is 0 Å². The van der Waals surface area contributed by atoms with Gasteiger partial charge in [-0.05, 0) is 31.9 Å². The van der Waals surface area contributed by atoms with Crippen LogP contribution in [0.15, 0.2) is 18.2 Å². The fraction of sp³-hybridized carbons (Fsp3) is 0.462. The molecule has 0 bridgehead atoms. The van der Waals surface area contributed by atoms with Gasteiger partial charge in [0.2, 0.25) is 0 Å². The topological polar surface area (TPSA) is 92.6 Å². The van der Waals surface area contributed by atoms with E-state index in [-0.39, 0.29) is 0 Å². The molecule has 0 atom stereocenters. The maximum Gasteiger partial charge on any atom is 0.250 e. The van der Waals surface area contributed by atoms with E-state index in [1.54, 1.807) is 12.1 Å². The van der Waals surface area contributed by atoms with Crippen LogP contribution in [0.5, 0.6) is 0 Å². The molecule has 0 aliphatic carbocycles. The van der Waals surface area contributed by atoms with Gasteiger partial charge in [0.25, 0.3) is 5.91 Å². The van der Waals surface area contributed by atoms with Crippen molar-refractivity contribution in [3.8, 4) is 0 Å². The Kier molecular flexibility index (Phi) is 3.17. The quantitative estimate of drug-likeness (QED) is 0.673. The van der Waals surface area contributed by atoms with Gasteiger partial charge >= 0.3 is 0 Å². The van der Waals surface area contributed by atoms with E-state index in [1.807, 2.05) is 13.0 Å². The summed E-state index contributed by atoms with van der Waals surface area (Å²) in [7, 11) is 0. The van der Waals surface area contributed by atoms with Crippen LogP contribution in [-0.2, 0) is 0 Å². The molecule has 5 N–H and O–H groups in total. The normalized spacial score (nSPS) is 18.7. The van der Waals surface area contributed by atoms with E-state index >= 15 is 0 Å². The van der Waals surface area contributed by atoms with E-state index in [4.69, 9.17) is 11.5 Å². The predicted octanol–water partition coefficient (Wildman–Crippen LogP) is 0.719. The average molecular weight is 249 g/mol. The van der Waals surface area contributed by atoms with Crippen LogP contribution in [0.2, 0.25) is 0 Å². The van der Waals surface area contributed by atoms with Crippen LogP contribution in [0.25, 0.3) is 0 Å². The molecule has 5 nitrogen and oxygen atoms in total. The highest BCUT2D eigenvalue weighted by atomic mass is 16.3. The Hall–Kier alpha value is -1.75. The van der Waals surface area contributed by atoms with Gasteiger partial charge < -0.3 is 21.5 Å². The first-order valence-corrected chi connectivity index (χ1v) is 6.06. The second kappa shape index (κ2) is 4.49. The molecule has 1 amide bonds. The average Bonchev–Trinajstić information content (AvgIpc) is 2.29. The lowest BCUT2D eigenvalue weighted by Gasteiger charge is -2.37. The van der Waals surface area contributed by atoms with E-state index in [0.29, 0.717) is 24.1 Å². The number of amides is 1. The molecule has 0 radical (unpaired) electrons. The van der Waals surface area contributed by atoms with Crippen molar-refractivity contribution < 1.29 is 9.90 Å². The first-order chi connectivity index (χ1) is 8.41. The number of hydrogen-bond donors (Lipinski definition) is 3. The summed E-state index contributed by atoms with van der Waals surface area (Å²) < 4.78 is 0. The number of nitrogens with two attached hydrogens (primary N) is 2. The third-order valence-corrected chi connectivity index (χ3v) is 3.53. The van der Waals surface area contributed by atoms with Gasteiger partial charge in [-0.1, -0.05) is 6.07 Å². The van der Waals surface area contributed by atoms with Crippen molar-refractivity contribution >= 4 is 17.3 Å². The monoisotopic (exact) mass is 249 g/mol. The molecule has 1 saturated heterocycles. The van der Waals surface area contributed by atoms with E-state index in [1.165, 1.54) is 0 Å². The molecule has 1 aliphatic heterocycles. The summed E-state index contributed by atoms with van der Waals surface area (Å²) in [5, 5.41) is 9.92. The number of aliphatic hydroxyl groups is 1. The fourth-order valence-electron chi connectivity index (χ4n) is 2.27. The Bertz CT molecular complexity index is 461. The zero-order chi connectivity index (χ0) is 13.3. The number of anilines is 2. The van der Waals surface area contributed by atoms with Crippen LogP contribution in [0.3, 0.4) is 0 Å². The van der Waals surface area contributed by atoms with E-state index in [0.717, 1.165) is 18.8 Å². The van der Waals surface area contributed by atoms with Crippen molar-refractivity contribution in [3.63, 3.8) is 0 Å². The zero-order valence-electron chi connectivity index (χ0n) is 10.5. The van der Waals surface area contributed by atoms with Crippen LogP contribution in [0, 0.1) is 0 Å². The minimum atomic E-state index is -0.605. The maximum absolute atomic E-state index is 11.2. The molecule has 0 unspecified atom stereocenters. The molecule has 98 valence electrons. The lowest BCUT2D eigenvalue weighted by atomic mass is 9.93. The number of primary amides is 1. The molecule has 0 spiro atoms. The van der Waals surface area contributed by atoms with Gasteiger partial charge in [0.15, 0.2) is 0 Å². The minimum Gasteiger partial charge on any atom is -0.396 e. The van der Waals surface area contributed by atoms with E-state index < -0.39 is 11.5 Å². The first kappa shape index (κ1) is 12.7. The van der Waals surface area contributed by atoms with Gasteiger partial charge in [-0.3, -0.25) is 4.79 Å². The van der Waals surface area contributed by atoms with Crippen LogP contribution in [-0.4, -0.2) is 29.7 Å². The van der Waals surface area contributed by atoms with E-state index in [2.05, 4.69) is 4.90 Å². The van der Waals surface area contributed by atoms with Crippen LogP contribution in [0.4, 0.5) is 11.4 Å². The Morgan fingerprint density at radius 1 is 1.39 bits per heavy atom. The molecule has 1 fully saturated rings. The number of nitrogen functional groups attached to an aromatic ring is 1. The van der Waals surface area contributed by atoms with Gasteiger partial charge in [-0.15, -0.1) is 0 Å². The Morgan fingerprint density at radius 2 is 2.00 bits per heavy atom. The highest BCUT2D eigenvalue weighted by Gasteiger charge is 2.28. The third kappa shape index (κ3) is 2.41. The standard InChI is InChI=1S/C13H19N3O2/c1-13(18)5-7-16(8-6-13)10-4-2-3-9(11(10)14)12(15)17/h2-4,18H,5-8,14H2,1H3,(H2,15,17). The largest absolute Gasteiger partial charge is 0.396 e. The molecule has 2 rings (SSSR count). The van der Waals surface area contributed by atoms with Crippen molar-refractivity contribution in [2.75, 3.05) is 23.7 Å². The van der Waals surface area contributed by atoms with E-state index in [9.17, 15) is 9.90 Å². The number of rotatable bonds is 2. The number of piperidine rings is 1. The summed E-state index contributed by atoms with van der Waals surface area (Å²) in [5.41, 5.74) is 12.2. The molecule has 1 heterocycles. The first-order valence-electron chi connectivity index (χ1n) is 6.06. The third-order valence-electron chi connectivity index (χ3n) is 3.53. The van der Waals surface area contributed by atoms with Gasteiger partial charge in [0.1, 0.15) is 0 Å². The predicted molar refractivity (Wildman–Crippen MR) is 71.4 cm³/mol. The lowest BCUT2D eigenvalue weighted by Crippen LogP contribution is -2.42. The molecule has 1 aliphatic rings. The Labute approximate surface area is 106 Å². The minimum absolute atomic E-state index is 0.352. The number of benzene rings is 1. The smallest absolute Gasteiger partial charge is 0.250 e.